The van der Waals surface area contributed by atoms with Crippen molar-refractivity contribution in [3.05, 3.63) is 211 Å². The monoisotopic (exact) mass is 729 g/mol. The average Bonchev–Trinajstić information content (AvgIpc) is 3.77. The molecule has 0 aliphatic heterocycles. The molecule has 0 N–H and O–H groups in total. The van der Waals surface area contributed by atoms with Crippen molar-refractivity contribution in [3.8, 4) is 44.5 Å². The summed E-state index contributed by atoms with van der Waals surface area (Å²) in [5.74, 6) is 0. The number of hydrogen-bond donors (Lipinski definition) is 0. The highest BCUT2D eigenvalue weighted by Gasteiger charge is 2.35. The third-order valence-electron chi connectivity index (χ3n) is 12.1. The molecule has 1 heterocycles. The lowest BCUT2D eigenvalue weighted by molar-refractivity contribution is 0.660. The highest BCUT2D eigenvalue weighted by Crippen LogP contribution is 2.51. The molecule has 0 radical (unpaired) electrons. The van der Waals surface area contributed by atoms with Gasteiger partial charge in [0.15, 0.2) is 0 Å². The van der Waals surface area contributed by atoms with E-state index in [-0.39, 0.29) is 5.41 Å². The summed E-state index contributed by atoms with van der Waals surface area (Å²) in [7, 11) is 0. The largest absolute Gasteiger partial charge is 0.455 e. The molecule has 11 rings (SSSR count). The molecule has 1 aromatic heterocycles. The maximum absolute atomic E-state index is 6.71. The van der Waals surface area contributed by atoms with Gasteiger partial charge in [-0.3, -0.25) is 0 Å². The van der Waals surface area contributed by atoms with Crippen molar-refractivity contribution < 1.29 is 4.42 Å². The lowest BCUT2D eigenvalue weighted by Gasteiger charge is -2.28. The second-order valence-electron chi connectivity index (χ2n) is 15.7. The zero-order valence-corrected chi connectivity index (χ0v) is 31.9. The molecular formula is C55H39NO. The molecule has 0 bridgehead atoms. The minimum Gasteiger partial charge on any atom is -0.455 e. The zero-order valence-electron chi connectivity index (χ0n) is 31.9. The Morgan fingerprint density at radius 1 is 0.368 bits per heavy atom. The number of nitrogens with zero attached hydrogens (tertiary/aromatic N) is 1. The van der Waals surface area contributed by atoms with Crippen molar-refractivity contribution in [1.29, 1.82) is 0 Å². The predicted molar refractivity (Wildman–Crippen MR) is 240 cm³/mol. The normalized spacial score (nSPS) is 12.9. The predicted octanol–water partition coefficient (Wildman–Crippen LogP) is 15.5. The van der Waals surface area contributed by atoms with Crippen molar-refractivity contribution in [2.45, 2.75) is 19.3 Å². The zero-order chi connectivity index (χ0) is 38.1. The van der Waals surface area contributed by atoms with E-state index >= 15 is 0 Å². The van der Waals surface area contributed by atoms with Crippen molar-refractivity contribution >= 4 is 49.8 Å². The van der Waals surface area contributed by atoms with Crippen LogP contribution in [0.1, 0.15) is 25.0 Å². The van der Waals surface area contributed by atoms with Gasteiger partial charge in [-0.2, -0.15) is 0 Å². The average molecular weight is 730 g/mol. The fourth-order valence-electron chi connectivity index (χ4n) is 9.25. The summed E-state index contributed by atoms with van der Waals surface area (Å²) in [5.41, 5.74) is 17.6. The van der Waals surface area contributed by atoms with Gasteiger partial charge in [-0.1, -0.05) is 166 Å². The van der Waals surface area contributed by atoms with Gasteiger partial charge >= 0.3 is 0 Å². The van der Waals surface area contributed by atoms with Gasteiger partial charge in [0.1, 0.15) is 11.2 Å². The second kappa shape index (κ2) is 13.0. The van der Waals surface area contributed by atoms with Crippen LogP contribution in [-0.2, 0) is 5.41 Å². The van der Waals surface area contributed by atoms with Crippen LogP contribution < -0.4 is 4.90 Å². The number of hydrogen-bond acceptors (Lipinski definition) is 2. The van der Waals surface area contributed by atoms with E-state index in [1.165, 1.54) is 49.9 Å². The quantitative estimate of drug-likeness (QED) is 0.169. The van der Waals surface area contributed by atoms with Crippen LogP contribution in [0.15, 0.2) is 205 Å². The fraction of sp³-hybridized carbons (Fsp3) is 0.0545. The summed E-state index contributed by atoms with van der Waals surface area (Å²) in [6.45, 7) is 4.70. The van der Waals surface area contributed by atoms with Crippen LogP contribution >= 0.6 is 0 Å². The Balaban J connectivity index is 1.05. The van der Waals surface area contributed by atoms with Crippen LogP contribution in [0.3, 0.4) is 0 Å². The molecule has 1 aliphatic rings. The molecule has 0 amide bonds. The van der Waals surface area contributed by atoms with Gasteiger partial charge in [0, 0.05) is 38.6 Å². The van der Waals surface area contributed by atoms with E-state index in [0.717, 1.165) is 55.5 Å². The first-order valence-corrected chi connectivity index (χ1v) is 19.8. The summed E-state index contributed by atoms with van der Waals surface area (Å²) >= 11 is 0. The Hall–Kier alpha value is -7.16. The lowest BCUT2D eigenvalue weighted by Crippen LogP contribution is -2.16. The van der Waals surface area contributed by atoms with E-state index in [9.17, 15) is 0 Å². The van der Waals surface area contributed by atoms with E-state index in [0.29, 0.717) is 0 Å². The number of furan rings is 1. The van der Waals surface area contributed by atoms with E-state index in [1.807, 2.05) is 0 Å². The molecule has 0 unspecified atom stereocenters. The summed E-state index contributed by atoms with van der Waals surface area (Å²) in [6.07, 6.45) is 0. The van der Waals surface area contributed by atoms with Crippen molar-refractivity contribution in [3.63, 3.8) is 0 Å². The fourth-order valence-corrected chi connectivity index (χ4v) is 9.25. The van der Waals surface area contributed by atoms with Crippen LogP contribution in [0.5, 0.6) is 0 Å². The minimum absolute atomic E-state index is 0.105. The SMILES string of the molecule is CC1(C)c2ccccc2-c2ccc(N(c3ccc(-c4ccccc4)cc3)c3ccc(-c4cccc5oc6c7ccccc7c(-c7ccccc7)cc6c45)cc3)cc21. The molecule has 0 saturated heterocycles. The van der Waals surface area contributed by atoms with Gasteiger partial charge in [0.2, 0.25) is 0 Å². The Kier molecular flexibility index (Phi) is 7.55. The molecule has 9 aromatic carbocycles. The molecule has 10 aromatic rings. The highest BCUT2D eigenvalue weighted by molar-refractivity contribution is 6.22. The Labute approximate surface area is 332 Å². The molecule has 1 aliphatic carbocycles. The Bertz CT molecular complexity index is 3120. The van der Waals surface area contributed by atoms with Gasteiger partial charge in [0.05, 0.1) is 0 Å². The number of fused-ring (bicyclic) bond motifs is 8. The number of rotatable bonds is 6. The van der Waals surface area contributed by atoms with Crippen molar-refractivity contribution in [1.82, 2.24) is 0 Å². The summed E-state index contributed by atoms with van der Waals surface area (Å²) < 4.78 is 6.71. The number of anilines is 3. The molecule has 2 nitrogen and oxygen atoms in total. The molecule has 0 fully saturated rings. The topological polar surface area (TPSA) is 16.4 Å². The Morgan fingerprint density at radius 2 is 0.912 bits per heavy atom. The third kappa shape index (κ3) is 5.33. The van der Waals surface area contributed by atoms with Crippen molar-refractivity contribution in [2.75, 3.05) is 4.90 Å². The standard InChI is InChI=1S/C55H39NO/c1-55(2)50-22-12-11-19-45(50)46-33-32-42(34-51(46)55)56(40-28-24-37(25-29-40)36-14-5-3-6-15-36)41-30-26-39(27-31-41)43-21-13-23-52-53(43)49-35-48(38-16-7-4-8-17-38)44-18-9-10-20-47(44)54(49)57-52/h3-35H,1-2H3. The lowest BCUT2D eigenvalue weighted by atomic mass is 9.82. The minimum atomic E-state index is -0.105. The van der Waals surface area contributed by atoms with Crippen LogP contribution in [0.4, 0.5) is 17.1 Å². The smallest absolute Gasteiger partial charge is 0.143 e. The number of benzene rings is 9. The first-order chi connectivity index (χ1) is 28.0. The van der Waals surface area contributed by atoms with Crippen molar-refractivity contribution in [2.24, 2.45) is 0 Å². The molecule has 0 atom stereocenters. The van der Waals surface area contributed by atoms with E-state index < -0.39 is 0 Å². The molecule has 2 heteroatoms. The summed E-state index contributed by atoms with van der Waals surface area (Å²) in [4.78, 5) is 2.39. The highest BCUT2D eigenvalue weighted by atomic mass is 16.3. The van der Waals surface area contributed by atoms with Gasteiger partial charge in [-0.25, -0.2) is 0 Å². The Morgan fingerprint density at radius 3 is 1.65 bits per heavy atom. The maximum atomic E-state index is 6.71. The van der Waals surface area contributed by atoms with Gasteiger partial charge in [-0.05, 0) is 110 Å². The third-order valence-corrected chi connectivity index (χ3v) is 12.1. The maximum Gasteiger partial charge on any atom is 0.143 e. The second-order valence-corrected chi connectivity index (χ2v) is 15.7. The van der Waals surface area contributed by atoms with Crippen LogP contribution in [0, 0.1) is 0 Å². The first kappa shape index (κ1) is 33.2. The molecule has 0 spiro atoms. The van der Waals surface area contributed by atoms with Crippen LogP contribution in [-0.4, -0.2) is 0 Å². The molecule has 270 valence electrons. The molecular weight excluding hydrogens is 691 g/mol. The first-order valence-electron chi connectivity index (χ1n) is 19.8. The van der Waals surface area contributed by atoms with E-state index in [4.69, 9.17) is 4.42 Å². The summed E-state index contributed by atoms with van der Waals surface area (Å²) in [5, 5.41) is 4.58. The summed E-state index contributed by atoms with van der Waals surface area (Å²) in [6, 6.07) is 72.5. The van der Waals surface area contributed by atoms with Crippen LogP contribution in [0.25, 0.3) is 77.2 Å². The van der Waals surface area contributed by atoms with Crippen LogP contribution in [0.2, 0.25) is 0 Å². The van der Waals surface area contributed by atoms with E-state index in [1.54, 1.807) is 0 Å². The van der Waals surface area contributed by atoms with Gasteiger partial charge < -0.3 is 9.32 Å². The van der Waals surface area contributed by atoms with Gasteiger partial charge in [-0.15, -0.1) is 0 Å². The van der Waals surface area contributed by atoms with Gasteiger partial charge in [0.25, 0.3) is 0 Å². The molecule has 57 heavy (non-hydrogen) atoms. The molecule has 0 saturated carbocycles. The van der Waals surface area contributed by atoms with E-state index in [2.05, 4.69) is 219 Å².